The molecule has 0 rings (SSSR count). The van der Waals surface area contributed by atoms with Crippen LogP contribution in [-0.4, -0.2) is 96.7 Å². The first-order chi connectivity index (χ1) is 48.9. The molecule has 0 spiro atoms. The molecule has 2 unspecified atom stereocenters. The molecule has 0 bridgehead atoms. The van der Waals surface area contributed by atoms with E-state index in [4.69, 9.17) is 37.0 Å². The van der Waals surface area contributed by atoms with Gasteiger partial charge in [0.15, 0.2) is 12.2 Å². The number of unbranched alkanes of at least 4 members (excludes halogenated alkanes) is 46. The van der Waals surface area contributed by atoms with E-state index in [0.29, 0.717) is 25.7 Å². The van der Waals surface area contributed by atoms with E-state index in [1.54, 1.807) is 0 Å². The molecule has 3 N–H and O–H groups in total. The summed E-state index contributed by atoms with van der Waals surface area (Å²) >= 11 is 0. The number of carbonyl (C=O) groups is 4. The number of hydrogen-bond donors (Lipinski definition) is 3. The summed E-state index contributed by atoms with van der Waals surface area (Å²) in [4.78, 5) is 73.1. The third-order valence-corrected chi connectivity index (χ3v) is 20.5. The number of phosphoric ester groups is 2. The lowest BCUT2D eigenvalue weighted by Crippen LogP contribution is -2.30. The molecular formula is C82H156O17P2. The van der Waals surface area contributed by atoms with Gasteiger partial charge < -0.3 is 33.8 Å². The quantitative estimate of drug-likeness (QED) is 0.0169. The topological polar surface area (TPSA) is 237 Å². The Bertz CT molecular complexity index is 2040. The van der Waals surface area contributed by atoms with Gasteiger partial charge >= 0.3 is 39.5 Å². The molecule has 0 aromatic carbocycles. The van der Waals surface area contributed by atoms with Crippen LogP contribution in [-0.2, 0) is 65.4 Å². The smallest absolute Gasteiger partial charge is 0.462 e. The van der Waals surface area contributed by atoms with Crippen molar-refractivity contribution < 1.29 is 80.2 Å². The average Bonchev–Trinajstić information content (AvgIpc) is 1.04. The molecule has 19 heteroatoms. The van der Waals surface area contributed by atoms with E-state index >= 15 is 0 Å². The van der Waals surface area contributed by atoms with Crippen LogP contribution in [0, 0.1) is 11.8 Å². The van der Waals surface area contributed by atoms with E-state index < -0.39 is 97.5 Å². The maximum atomic E-state index is 13.1. The van der Waals surface area contributed by atoms with Gasteiger partial charge in [0.25, 0.3) is 0 Å². The van der Waals surface area contributed by atoms with Crippen molar-refractivity contribution >= 4 is 39.5 Å². The third-order valence-electron chi connectivity index (χ3n) is 18.6. The van der Waals surface area contributed by atoms with Crippen LogP contribution in [0.2, 0.25) is 0 Å². The second kappa shape index (κ2) is 73.1. The number of ether oxygens (including phenoxy) is 4. The molecule has 0 aliphatic rings. The number of esters is 4. The molecule has 17 nitrogen and oxygen atoms in total. The summed E-state index contributed by atoms with van der Waals surface area (Å²) in [7, 11) is -9.93. The van der Waals surface area contributed by atoms with E-state index in [-0.39, 0.29) is 25.7 Å². The molecular weight excluding hydrogens is 1320 g/mol. The standard InChI is InChI=1S/C82H156O17P2/c1-7-9-11-13-15-17-19-21-23-28-35-41-47-53-59-65-80(85)93-71-77(98-81(86)66-60-54-48-42-36-29-25-22-24-27-32-38-44-50-56-62-74(3)4)72-96-100(88,89)94-68-76(83)69-95-101(90,91)97-73-78(70-92-79(84)64-58-52-46-40-34-26-20-18-16-14-12-10-8-2)99-82(87)67-61-55-49-43-37-31-30-33-39-45-51-57-63-75(5)6/h17,19,21,23,74-78,83H,7-16,18,20,22,24-73H2,1-6H3,(H,88,89)(H,90,91)/b19-17-,23-21-/t76-,77-,78-/m1/s1. The summed E-state index contributed by atoms with van der Waals surface area (Å²) in [5.41, 5.74) is 0. The largest absolute Gasteiger partial charge is 0.472 e. The zero-order valence-electron chi connectivity index (χ0n) is 65.7. The lowest BCUT2D eigenvalue weighted by molar-refractivity contribution is -0.161. The Hall–Kier alpha value is -2.46. The van der Waals surface area contributed by atoms with Crippen LogP contribution in [0.4, 0.5) is 0 Å². The first-order valence-electron chi connectivity index (χ1n) is 41.8. The highest BCUT2D eigenvalue weighted by Gasteiger charge is 2.30. The first-order valence-corrected chi connectivity index (χ1v) is 44.8. The highest BCUT2D eigenvalue weighted by molar-refractivity contribution is 7.47. The van der Waals surface area contributed by atoms with Gasteiger partial charge in [-0.25, -0.2) is 9.13 Å². The third kappa shape index (κ3) is 75.6. The van der Waals surface area contributed by atoms with Gasteiger partial charge in [-0.15, -0.1) is 0 Å². The maximum Gasteiger partial charge on any atom is 0.472 e. The minimum absolute atomic E-state index is 0.101. The monoisotopic (exact) mass is 1480 g/mol. The predicted octanol–water partition coefficient (Wildman–Crippen LogP) is 24.2. The predicted molar refractivity (Wildman–Crippen MR) is 414 cm³/mol. The summed E-state index contributed by atoms with van der Waals surface area (Å²) in [5, 5.41) is 10.7. The molecule has 0 heterocycles. The van der Waals surface area contributed by atoms with Crippen LogP contribution in [0.1, 0.15) is 408 Å². The van der Waals surface area contributed by atoms with Crippen molar-refractivity contribution in [2.75, 3.05) is 39.6 Å². The molecule has 0 radical (unpaired) electrons. The van der Waals surface area contributed by atoms with Gasteiger partial charge in [-0.3, -0.25) is 37.3 Å². The van der Waals surface area contributed by atoms with E-state index in [1.165, 1.54) is 205 Å². The highest BCUT2D eigenvalue weighted by atomic mass is 31.2. The van der Waals surface area contributed by atoms with Crippen LogP contribution >= 0.6 is 15.6 Å². The Morgan fingerprint density at radius 3 is 0.812 bits per heavy atom. The molecule has 0 saturated heterocycles. The zero-order valence-corrected chi connectivity index (χ0v) is 67.5. The lowest BCUT2D eigenvalue weighted by Gasteiger charge is -2.21. The molecule has 0 aliphatic carbocycles. The van der Waals surface area contributed by atoms with Gasteiger partial charge in [0.1, 0.15) is 19.3 Å². The first kappa shape index (κ1) is 98.5. The Kier molecular flexibility index (Phi) is 71.3. The van der Waals surface area contributed by atoms with Crippen LogP contribution in [0.25, 0.3) is 0 Å². The fourth-order valence-corrected chi connectivity index (χ4v) is 13.8. The van der Waals surface area contributed by atoms with E-state index in [1.807, 2.05) is 0 Å². The fourth-order valence-electron chi connectivity index (χ4n) is 12.2. The number of rotatable bonds is 79. The summed E-state index contributed by atoms with van der Waals surface area (Å²) in [6.45, 7) is 9.61. The Labute approximate surface area is 618 Å². The van der Waals surface area contributed by atoms with Crippen molar-refractivity contribution in [3.05, 3.63) is 24.3 Å². The molecule has 0 aromatic rings. The fraction of sp³-hybridized carbons (Fsp3) is 0.902. The lowest BCUT2D eigenvalue weighted by atomic mass is 10.0. The Morgan fingerprint density at radius 2 is 0.535 bits per heavy atom. The summed E-state index contributed by atoms with van der Waals surface area (Å²) in [6, 6.07) is 0. The Balaban J connectivity index is 5.30. The molecule has 101 heavy (non-hydrogen) atoms. The number of carbonyl (C=O) groups excluding carboxylic acids is 4. The van der Waals surface area contributed by atoms with E-state index in [9.17, 15) is 43.2 Å². The van der Waals surface area contributed by atoms with E-state index in [0.717, 1.165) is 121 Å². The van der Waals surface area contributed by atoms with Crippen molar-refractivity contribution in [2.24, 2.45) is 11.8 Å². The van der Waals surface area contributed by atoms with Crippen LogP contribution in [0.15, 0.2) is 24.3 Å². The van der Waals surface area contributed by atoms with E-state index in [2.05, 4.69) is 65.8 Å². The number of allylic oxidation sites excluding steroid dienone is 4. The van der Waals surface area contributed by atoms with Crippen molar-refractivity contribution in [1.29, 1.82) is 0 Å². The second-order valence-corrected chi connectivity index (χ2v) is 32.7. The molecule has 0 aliphatic heterocycles. The molecule has 5 atom stereocenters. The van der Waals surface area contributed by atoms with Gasteiger partial charge in [-0.2, -0.15) is 0 Å². The van der Waals surface area contributed by atoms with Gasteiger partial charge in [-0.05, 0) is 63.2 Å². The SMILES string of the molecule is CCCCCC/C=C\C=C/CCCCCCCC(=O)OC[C@H](COP(=O)(O)OC[C@@H](O)COP(=O)(O)OC[C@@H](COC(=O)CCCCCCCCCCCCCCC)OC(=O)CCCCCCCCCCCCCCC(C)C)OC(=O)CCCCCCCCCCCCCCCCCC(C)C. The zero-order chi connectivity index (χ0) is 74.2. The molecule has 0 amide bonds. The molecule has 596 valence electrons. The minimum Gasteiger partial charge on any atom is -0.462 e. The van der Waals surface area contributed by atoms with Crippen molar-refractivity contribution in [3.8, 4) is 0 Å². The average molecular weight is 1480 g/mol. The molecule has 0 aromatic heterocycles. The van der Waals surface area contributed by atoms with Gasteiger partial charge in [0.05, 0.1) is 26.4 Å². The number of aliphatic hydroxyl groups excluding tert-OH is 1. The van der Waals surface area contributed by atoms with Crippen molar-refractivity contribution in [2.45, 2.75) is 426 Å². The number of aliphatic hydroxyl groups is 1. The number of hydrogen-bond acceptors (Lipinski definition) is 15. The normalized spacial score (nSPS) is 14.0. The van der Waals surface area contributed by atoms with Gasteiger partial charge in [-0.1, -0.05) is 355 Å². The summed E-state index contributed by atoms with van der Waals surface area (Å²) in [5.74, 6) is -0.560. The van der Waals surface area contributed by atoms with Gasteiger partial charge in [0, 0.05) is 25.7 Å². The second-order valence-electron chi connectivity index (χ2n) is 29.8. The summed E-state index contributed by atoms with van der Waals surface area (Å²) in [6.07, 6.45) is 65.8. The van der Waals surface area contributed by atoms with Crippen molar-refractivity contribution in [1.82, 2.24) is 0 Å². The Morgan fingerprint density at radius 1 is 0.307 bits per heavy atom. The molecule has 0 saturated carbocycles. The van der Waals surface area contributed by atoms with Gasteiger partial charge in [0.2, 0.25) is 0 Å². The highest BCUT2D eigenvalue weighted by Crippen LogP contribution is 2.45. The minimum atomic E-state index is -4.97. The van der Waals surface area contributed by atoms with Crippen LogP contribution in [0.3, 0.4) is 0 Å². The number of phosphoric acid groups is 2. The van der Waals surface area contributed by atoms with Crippen LogP contribution < -0.4 is 0 Å². The summed E-state index contributed by atoms with van der Waals surface area (Å²) < 4.78 is 68.7. The van der Waals surface area contributed by atoms with Crippen molar-refractivity contribution in [3.63, 3.8) is 0 Å². The van der Waals surface area contributed by atoms with Crippen LogP contribution in [0.5, 0.6) is 0 Å². The molecule has 0 fully saturated rings. The maximum absolute atomic E-state index is 13.1.